The van der Waals surface area contributed by atoms with Gasteiger partial charge in [0.1, 0.15) is 18.1 Å². The molecule has 0 radical (unpaired) electrons. The molecule has 1 atom stereocenters. The summed E-state index contributed by atoms with van der Waals surface area (Å²) in [6.45, 7) is 3.73. The Morgan fingerprint density at radius 3 is 2.26 bits per heavy atom. The third-order valence-corrected chi connectivity index (χ3v) is 5.62. The van der Waals surface area contributed by atoms with E-state index >= 15 is 0 Å². The maximum Gasteiger partial charge on any atom is 0.344 e. The standard InChI is InChI=1S/C25H22ClIO4/c1-16-15-22(11-12-24(16)31-17(2)25(28)29)30-14-13-23(18-3-7-20(26)8-4-18)19-5-9-21(27)10-6-19/h3-13,15,17H,14H2,1-2H3,(H,28,29)/b23-13-. The summed E-state index contributed by atoms with van der Waals surface area (Å²) < 4.78 is 12.6. The Morgan fingerprint density at radius 2 is 1.68 bits per heavy atom. The van der Waals surface area contributed by atoms with Gasteiger partial charge in [-0.25, -0.2) is 4.79 Å². The number of ether oxygens (including phenoxy) is 2. The molecule has 3 rings (SSSR count). The number of benzene rings is 3. The zero-order valence-corrected chi connectivity index (χ0v) is 20.1. The Kier molecular flexibility index (Phi) is 7.98. The fourth-order valence-corrected chi connectivity index (χ4v) is 3.45. The lowest BCUT2D eigenvalue weighted by molar-refractivity contribution is -0.144. The van der Waals surface area contributed by atoms with Crippen LogP contribution >= 0.6 is 34.2 Å². The maximum atomic E-state index is 11.0. The van der Waals surface area contributed by atoms with E-state index in [9.17, 15) is 4.79 Å². The van der Waals surface area contributed by atoms with Crippen LogP contribution in [0.4, 0.5) is 0 Å². The fraction of sp³-hybridized carbons (Fsp3) is 0.160. The summed E-state index contributed by atoms with van der Waals surface area (Å²) in [6, 6.07) is 21.4. The third-order valence-electron chi connectivity index (χ3n) is 4.65. The highest BCUT2D eigenvalue weighted by Gasteiger charge is 2.14. The first-order chi connectivity index (χ1) is 14.8. The maximum absolute atomic E-state index is 11.0. The van der Waals surface area contributed by atoms with Crippen molar-refractivity contribution in [3.8, 4) is 11.5 Å². The van der Waals surface area contributed by atoms with Crippen LogP contribution in [0.1, 0.15) is 23.6 Å². The van der Waals surface area contributed by atoms with E-state index in [0.717, 1.165) is 22.3 Å². The SMILES string of the molecule is Cc1cc(OC/C=C(/c2ccc(Cl)cc2)c2ccc(I)cc2)ccc1OC(C)C(=O)O. The molecule has 0 aromatic heterocycles. The minimum atomic E-state index is -1.00. The first-order valence-electron chi connectivity index (χ1n) is 9.68. The van der Waals surface area contributed by atoms with Gasteiger partial charge in [-0.1, -0.05) is 35.9 Å². The van der Waals surface area contributed by atoms with Gasteiger partial charge in [0.15, 0.2) is 6.10 Å². The van der Waals surface area contributed by atoms with Crippen LogP contribution in [-0.4, -0.2) is 23.8 Å². The van der Waals surface area contributed by atoms with Gasteiger partial charge in [0.2, 0.25) is 0 Å². The third kappa shape index (κ3) is 6.48. The van der Waals surface area contributed by atoms with Crippen LogP contribution in [0.3, 0.4) is 0 Å². The molecule has 0 bridgehead atoms. The van der Waals surface area contributed by atoms with Crippen molar-refractivity contribution in [3.63, 3.8) is 0 Å². The van der Waals surface area contributed by atoms with E-state index in [4.69, 9.17) is 26.2 Å². The second-order valence-electron chi connectivity index (χ2n) is 6.97. The van der Waals surface area contributed by atoms with Crippen molar-refractivity contribution in [2.75, 3.05) is 6.61 Å². The van der Waals surface area contributed by atoms with Crippen LogP contribution in [0.25, 0.3) is 5.57 Å². The molecule has 0 heterocycles. The number of carboxylic acids is 1. The fourth-order valence-electron chi connectivity index (χ4n) is 2.97. The van der Waals surface area contributed by atoms with E-state index < -0.39 is 12.1 Å². The Bertz CT molecular complexity index is 1030. The predicted octanol–water partition coefficient (Wildman–Crippen LogP) is 6.62. The molecule has 0 spiro atoms. The summed E-state index contributed by atoms with van der Waals surface area (Å²) in [4.78, 5) is 11.0. The molecule has 0 amide bonds. The molecule has 0 aliphatic rings. The van der Waals surface area contributed by atoms with E-state index in [1.165, 1.54) is 10.5 Å². The number of halogens is 2. The van der Waals surface area contributed by atoms with Gasteiger partial charge in [-0.15, -0.1) is 0 Å². The number of rotatable bonds is 8. The molecule has 6 heteroatoms. The Morgan fingerprint density at radius 1 is 1.06 bits per heavy atom. The summed E-state index contributed by atoms with van der Waals surface area (Å²) in [6.07, 6.45) is 1.13. The molecule has 1 N–H and O–H groups in total. The first kappa shape index (κ1) is 23.2. The molecule has 0 aliphatic heterocycles. The second kappa shape index (κ2) is 10.7. The van der Waals surface area contributed by atoms with Crippen molar-refractivity contribution in [3.05, 3.63) is 98.1 Å². The summed E-state index contributed by atoms with van der Waals surface area (Å²) in [5.74, 6) is 0.205. The van der Waals surface area contributed by atoms with Crippen LogP contribution in [0.15, 0.2) is 72.8 Å². The van der Waals surface area contributed by atoms with E-state index in [1.54, 1.807) is 12.1 Å². The van der Waals surface area contributed by atoms with Gasteiger partial charge in [0.05, 0.1) is 0 Å². The van der Waals surface area contributed by atoms with Crippen LogP contribution in [0, 0.1) is 10.5 Å². The van der Waals surface area contributed by atoms with Gasteiger partial charge in [-0.05, 0) is 107 Å². The summed E-state index contributed by atoms with van der Waals surface area (Å²) in [5.41, 5.74) is 4.01. The average molecular weight is 549 g/mol. The highest BCUT2D eigenvalue weighted by Crippen LogP contribution is 2.27. The van der Waals surface area contributed by atoms with Gasteiger partial charge >= 0.3 is 5.97 Å². The van der Waals surface area contributed by atoms with E-state index in [1.807, 2.05) is 43.3 Å². The lowest BCUT2D eigenvalue weighted by Crippen LogP contribution is -2.23. The molecule has 0 saturated carbocycles. The van der Waals surface area contributed by atoms with Gasteiger partial charge in [-0.2, -0.15) is 0 Å². The largest absolute Gasteiger partial charge is 0.489 e. The molecule has 0 fully saturated rings. The minimum absolute atomic E-state index is 0.370. The second-order valence-corrected chi connectivity index (χ2v) is 8.65. The predicted molar refractivity (Wildman–Crippen MR) is 132 cm³/mol. The van der Waals surface area contributed by atoms with Crippen molar-refractivity contribution in [2.24, 2.45) is 0 Å². The number of aryl methyl sites for hydroxylation is 1. The molecule has 0 aliphatic carbocycles. The molecular weight excluding hydrogens is 527 g/mol. The molecule has 3 aromatic carbocycles. The number of hydrogen-bond acceptors (Lipinski definition) is 3. The van der Waals surface area contributed by atoms with Crippen LogP contribution in [-0.2, 0) is 4.79 Å². The first-order valence-corrected chi connectivity index (χ1v) is 11.1. The van der Waals surface area contributed by atoms with Crippen molar-refractivity contribution in [1.82, 2.24) is 0 Å². The smallest absolute Gasteiger partial charge is 0.344 e. The van der Waals surface area contributed by atoms with Gasteiger partial charge in [0, 0.05) is 8.59 Å². The zero-order chi connectivity index (χ0) is 22.4. The molecule has 3 aromatic rings. The minimum Gasteiger partial charge on any atom is -0.489 e. The highest BCUT2D eigenvalue weighted by molar-refractivity contribution is 14.1. The van der Waals surface area contributed by atoms with Crippen molar-refractivity contribution >= 4 is 45.7 Å². The average Bonchev–Trinajstić information content (AvgIpc) is 2.74. The molecule has 31 heavy (non-hydrogen) atoms. The monoisotopic (exact) mass is 548 g/mol. The van der Waals surface area contributed by atoms with Crippen LogP contribution < -0.4 is 9.47 Å². The number of hydrogen-bond donors (Lipinski definition) is 1. The molecule has 0 saturated heterocycles. The lowest BCUT2D eigenvalue weighted by atomic mass is 9.98. The lowest BCUT2D eigenvalue weighted by Gasteiger charge is -2.14. The van der Waals surface area contributed by atoms with Gasteiger partial charge in [0.25, 0.3) is 0 Å². The number of aliphatic carboxylic acids is 1. The van der Waals surface area contributed by atoms with Gasteiger partial charge < -0.3 is 14.6 Å². The van der Waals surface area contributed by atoms with Crippen molar-refractivity contribution < 1.29 is 19.4 Å². The molecular formula is C25H22ClIO4. The van der Waals surface area contributed by atoms with E-state index in [-0.39, 0.29) is 0 Å². The highest BCUT2D eigenvalue weighted by atomic mass is 127. The summed E-state index contributed by atoms with van der Waals surface area (Å²) in [5, 5.41) is 9.70. The number of carbonyl (C=O) groups is 1. The van der Waals surface area contributed by atoms with E-state index in [0.29, 0.717) is 23.1 Å². The van der Waals surface area contributed by atoms with E-state index in [2.05, 4.69) is 46.9 Å². The summed E-state index contributed by atoms with van der Waals surface area (Å²) in [7, 11) is 0. The Balaban J connectivity index is 1.78. The Hall–Kier alpha value is -2.51. The Labute approximate surface area is 200 Å². The molecule has 4 nitrogen and oxygen atoms in total. The topological polar surface area (TPSA) is 55.8 Å². The normalized spacial score (nSPS) is 12.3. The zero-order valence-electron chi connectivity index (χ0n) is 17.1. The van der Waals surface area contributed by atoms with Crippen LogP contribution in [0.5, 0.6) is 11.5 Å². The van der Waals surface area contributed by atoms with Crippen molar-refractivity contribution in [2.45, 2.75) is 20.0 Å². The summed E-state index contributed by atoms with van der Waals surface area (Å²) >= 11 is 8.34. The molecule has 160 valence electrons. The van der Waals surface area contributed by atoms with Gasteiger partial charge in [-0.3, -0.25) is 0 Å². The molecule has 1 unspecified atom stereocenters. The van der Waals surface area contributed by atoms with Crippen molar-refractivity contribution in [1.29, 1.82) is 0 Å². The number of carboxylic acid groups (broad SMARTS) is 1. The quantitative estimate of drug-likeness (QED) is 0.322. The van der Waals surface area contributed by atoms with Crippen LogP contribution in [0.2, 0.25) is 5.02 Å².